The molecule has 0 aromatic carbocycles. The minimum absolute atomic E-state index is 0.104. The number of aliphatic hydroxyl groups is 4. The predicted molar refractivity (Wildman–Crippen MR) is 208 cm³/mol. The minimum Gasteiger partial charge on any atom is -0.394 e. The van der Waals surface area contributed by atoms with Crippen molar-refractivity contribution in [3.8, 4) is 0 Å². The molecule has 0 bridgehead atoms. The van der Waals surface area contributed by atoms with Crippen molar-refractivity contribution < 1.29 is 39.4 Å². The highest BCUT2D eigenvalue weighted by molar-refractivity contribution is 4.89. The molecule has 0 aromatic heterocycles. The van der Waals surface area contributed by atoms with E-state index in [1.165, 1.54) is 167 Å². The molecule has 2 saturated heterocycles. The molecule has 0 unspecified atom stereocenters. The Morgan fingerprint density at radius 3 is 1.31 bits per heavy atom. The molecule has 0 spiro atoms. The number of aliphatic hydroxyl groups excluding tert-OH is 4. The fourth-order valence-electron chi connectivity index (χ4n) is 7.84. The second kappa shape index (κ2) is 30.9. The van der Waals surface area contributed by atoms with Crippen molar-refractivity contribution in [3.05, 3.63) is 0 Å². The maximum atomic E-state index is 10.3. The van der Waals surface area contributed by atoms with E-state index in [0.717, 1.165) is 25.7 Å². The molecule has 0 aliphatic carbocycles. The first kappa shape index (κ1) is 46.8. The fourth-order valence-corrected chi connectivity index (χ4v) is 7.84. The second-order valence-electron chi connectivity index (χ2n) is 16.0. The Morgan fingerprint density at radius 2 is 0.922 bits per heavy atom. The van der Waals surface area contributed by atoms with Gasteiger partial charge in [0.2, 0.25) is 0 Å². The van der Waals surface area contributed by atoms with Crippen molar-refractivity contribution in [2.24, 2.45) is 0 Å². The van der Waals surface area contributed by atoms with Gasteiger partial charge < -0.3 is 39.4 Å². The molecule has 6 atom stereocenters. The topological polar surface area (TPSA) is 118 Å². The van der Waals surface area contributed by atoms with Crippen LogP contribution in [-0.2, 0) is 18.9 Å². The Hall–Kier alpha value is -0.320. The number of hydrogen-bond donors (Lipinski definition) is 4. The third-order valence-electron chi connectivity index (χ3n) is 11.3. The van der Waals surface area contributed by atoms with Gasteiger partial charge in [0.15, 0.2) is 12.1 Å². The summed E-state index contributed by atoms with van der Waals surface area (Å²) in [6, 6.07) is 0. The average Bonchev–Trinajstić information content (AvgIpc) is 3.54. The number of hydrogen-bond acceptors (Lipinski definition) is 8. The fraction of sp³-hybridized carbons (Fsp3) is 1.00. The molecule has 2 heterocycles. The lowest BCUT2D eigenvalue weighted by Gasteiger charge is -2.39. The molecule has 51 heavy (non-hydrogen) atoms. The van der Waals surface area contributed by atoms with Gasteiger partial charge in [-0.2, -0.15) is 0 Å². The second-order valence-corrected chi connectivity index (χ2v) is 16.0. The third kappa shape index (κ3) is 21.4. The normalized spacial score (nSPS) is 24.8. The SMILES string of the molecule is CCCCCCCCCCCCCCCCC1(CCCCCCCCCCCCCCCC)OC[C@H](CCO[C@@H]2O[C@H](CO)[C@@H](O)[C@H](O)[C@H]2O)O1. The van der Waals surface area contributed by atoms with Gasteiger partial charge in [0.05, 0.1) is 25.9 Å². The minimum atomic E-state index is -1.44. The molecule has 0 aromatic rings. The van der Waals surface area contributed by atoms with E-state index in [1.54, 1.807) is 0 Å². The Morgan fingerprint density at radius 1 is 0.529 bits per heavy atom. The van der Waals surface area contributed by atoms with Crippen LogP contribution in [0.5, 0.6) is 0 Å². The van der Waals surface area contributed by atoms with Crippen LogP contribution in [0.25, 0.3) is 0 Å². The van der Waals surface area contributed by atoms with Crippen molar-refractivity contribution in [2.75, 3.05) is 19.8 Å². The van der Waals surface area contributed by atoms with E-state index in [1.807, 2.05) is 0 Å². The first-order valence-electron chi connectivity index (χ1n) is 22.2. The summed E-state index contributed by atoms with van der Waals surface area (Å²) in [6.07, 6.45) is 33.7. The quantitative estimate of drug-likeness (QED) is 0.0477. The van der Waals surface area contributed by atoms with E-state index in [0.29, 0.717) is 13.0 Å². The highest BCUT2D eigenvalue weighted by atomic mass is 16.7. The van der Waals surface area contributed by atoms with E-state index in [9.17, 15) is 20.4 Å². The summed E-state index contributed by atoms with van der Waals surface area (Å²) in [5.74, 6) is -0.526. The summed E-state index contributed by atoms with van der Waals surface area (Å²) < 4.78 is 24.3. The van der Waals surface area contributed by atoms with E-state index in [-0.39, 0.29) is 12.7 Å². The molecule has 8 nitrogen and oxygen atoms in total. The van der Waals surface area contributed by atoms with Crippen molar-refractivity contribution >= 4 is 0 Å². The lowest BCUT2D eigenvalue weighted by molar-refractivity contribution is -0.302. The third-order valence-corrected chi connectivity index (χ3v) is 11.3. The average molecular weight is 729 g/mol. The van der Waals surface area contributed by atoms with E-state index >= 15 is 0 Å². The van der Waals surface area contributed by atoms with Gasteiger partial charge in [-0.3, -0.25) is 0 Å². The molecule has 2 fully saturated rings. The van der Waals surface area contributed by atoms with Crippen LogP contribution in [0.2, 0.25) is 0 Å². The van der Waals surface area contributed by atoms with E-state index in [4.69, 9.17) is 18.9 Å². The van der Waals surface area contributed by atoms with Gasteiger partial charge in [0.25, 0.3) is 0 Å². The first-order chi connectivity index (χ1) is 25.0. The van der Waals surface area contributed by atoms with Gasteiger partial charge >= 0.3 is 0 Å². The van der Waals surface area contributed by atoms with Gasteiger partial charge in [-0.05, 0) is 19.3 Å². The Balaban J connectivity index is 1.65. The van der Waals surface area contributed by atoms with Crippen LogP contribution < -0.4 is 0 Å². The van der Waals surface area contributed by atoms with Crippen LogP contribution in [0.4, 0.5) is 0 Å². The molecule has 2 rings (SSSR count). The number of unbranched alkanes of at least 4 members (excludes halogenated alkanes) is 26. The monoisotopic (exact) mass is 729 g/mol. The summed E-state index contributed by atoms with van der Waals surface area (Å²) in [7, 11) is 0. The van der Waals surface area contributed by atoms with Crippen molar-refractivity contribution in [1.29, 1.82) is 0 Å². The van der Waals surface area contributed by atoms with E-state index < -0.39 is 43.1 Å². The Labute approximate surface area is 314 Å². The summed E-state index contributed by atoms with van der Waals surface area (Å²) in [4.78, 5) is 0. The number of rotatable bonds is 35. The molecule has 4 N–H and O–H groups in total. The standard InChI is InChI=1S/C43H84O8/c1-3-5-7-9-11-13-15-17-19-21-23-25-27-29-32-43(33-30-28-26-24-22-20-18-16-14-12-10-8-6-4-2)49-36-37(51-43)31-34-48-42-41(47)40(46)39(45)38(35-44)50-42/h37-42,44-47H,3-36H2,1-2H3/t37-,38+,39+,40-,41+,42+/m0/s1. The Kier molecular flexibility index (Phi) is 28.4. The zero-order valence-electron chi connectivity index (χ0n) is 33.4. The van der Waals surface area contributed by atoms with Gasteiger partial charge in [0, 0.05) is 12.8 Å². The molecule has 0 radical (unpaired) electrons. The smallest absolute Gasteiger partial charge is 0.186 e. The molecule has 304 valence electrons. The molecule has 0 amide bonds. The van der Waals surface area contributed by atoms with Crippen LogP contribution in [0.3, 0.4) is 0 Å². The first-order valence-corrected chi connectivity index (χ1v) is 22.2. The molecule has 8 heteroatoms. The van der Waals surface area contributed by atoms with Crippen LogP contribution in [-0.4, -0.2) is 82.8 Å². The summed E-state index contributed by atoms with van der Waals surface area (Å²) in [5, 5.41) is 39.9. The van der Waals surface area contributed by atoms with Crippen LogP contribution >= 0.6 is 0 Å². The maximum Gasteiger partial charge on any atom is 0.186 e. The number of ether oxygens (including phenoxy) is 4. The zero-order chi connectivity index (χ0) is 36.8. The molecule has 2 aliphatic heterocycles. The molecular formula is C43H84O8. The van der Waals surface area contributed by atoms with Gasteiger partial charge in [-0.15, -0.1) is 0 Å². The zero-order valence-corrected chi connectivity index (χ0v) is 33.4. The van der Waals surface area contributed by atoms with Crippen molar-refractivity contribution in [1.82, 2.24) is 0 Å². The molecular weight excluding hydrogens is 644 g/mol. The van der Waals surface area contributed by atoms with Crippen molar-refractivity contribution in [2.45, 2.75) is 255 Å². The van der Waals surface area contributed by atoms with Crippen molar-refractivity contribution in [3.63, 3.8) is 0 Å². The Bertz CT molecular complexity index is 734. The van der Waals surface area contributed by atoms with Gasteiger partial charge in [-0.1, -0.05) is 181 Å². The lowest BCUT2D eigenvalue weighted by Crippen LogP contribution is -2.59. The van der Waals surface area contributed by atoms with Crippen LogP contribution in [0.15, 0.2) is 0 Å². The van der Waals surface area contributed by atoms with Crippen LogP contribution in [0, 0.1) is 0 Å². The van der Waals surface area contributed by atoms with Gasteiger partial charge in [-0.25, -0.2) is 0 Å². The predicted octanol–water partition coefficient (Wildman–Crippen LogP) is 10.0. The summed E-state index contributed by atoms with van der Waals surface area (Å²) in [5.41, 5.74) is 0. The lowest BCUT2D eigenvalue weighted by atomic mass is 9.98. The summed E-state index contributed by atoms with van der Waals surface area (Å²) >= 11 is 0. The highest BCUT2D eigenvalue weighted by Crippen LogP contribution is 2.36. The van der Waals surface area contributed by atoms with E-state index in [2.05, 4.69) is 13.8 Å². The largest absolute Gasteiger partial charge is 0.394 e. The molecule has 2 aliphatic rings. The molecule has 0 saturated carbocycles. The van der Waals surface area contributed by atoms with Crippen LogP contribution in [0.1, 0.15) is 213 Å². The highest BCUT2D eigenvalue weighted by Gasteiger charge is 2.44. The maximum absolute atomic E-state index is 10.3. The summed E-state index contributed by atoms with van der Waals surface area (Å²) in [6.45, 7) is 4.87. The van der Waals surface area contributed by atoms with Gasteiger partial charge in [0.1, 0.15) is 24.4 Å².